The van der Waals surface area contributed by atoms with E-state index in [0.29, 0.717) is 107 Å². The van der Waals surface area contributed by atoms with E-state index in [1.54, 1.807) is 22.2 Å². The van der Waals surface area contributed by atoms with Gasteiger partial charge in [0.25, 0.3) is 0 Å². The van der Waals surface area contributed by atoms with Crippen LogP contribution < -0.4 is 4.90 Å². The normalized spacial score (nSPS) is 15.9. The van der Waals surface area contributed by atoms with Gasteiger partial charge in [0.1, 0.15) is 18.0 Å². The molecule has 13 nitrogen and oxygen atoms in total. The molecule has 2 aromatic heterocycles. The highest BCUT2D eigenvalue weighted by Gasteiger charge is 2.53. The zero-order valence-corrected chi connectivity index (χ0v) is 32.4. The first kappa shape index (κ1) is 40.6. The summed E-state index contributed by atoms with van der Waals surface area (Å²) < 4.78 is 42.2. The largest absolute Gasteiger partial charge is 0.444 e. The third kappa shape index (κ3) is 10.8. The van der Waals surface area contributed by atoms with Gasteiger partial charge in [-0.25, -0.2) is 9.78 Å². The number of hydrogen-bond acceptors (Lipinski definition) is 10. The van der Waals surface area contributed by atoms with Crippen molar-refractivity contribution >= 4 is 51.1 Å². The average molecular weight is 772 g/mol. The van der Waals surface area contributed by atoms with E-state index in [1.807, 2.05) is 45.0 Å². The third-order valence-electron chi connectivity index (χ3n) is 9.13. The fourth-order valence-electron chi connectivity index (χ4n) is 6.62. The minimum absolute atomic E-state index is 0.0251. The van der Waals surface area contributed by atoms with Crippen LogP contribution in [0.15, 0.2) is 36.7 Å². The van der Waals surface area contributed by atoms with Crippen molar-refractivity contribution < 1.29 is 37.5 Å². The number of hydrogen-bond donors (Lipinski definition) is 0. The van der Waals surface area contributed by atoms with Crippen molar-refractivity contribution in [3.8, 4) is 12.3 Å². The quantitative estimate of drug-likeness (QED) is 0.124. The van der Waals surface area contributed by atoms with E-state index in [4.69, 9.17) is 46.7 Å². The van der Waals surface area contributed by atoms with Gasteiger partial charge in [0.05, 0.1) is 81.1 Å². The standard InChI is InChI=1S/C38H50ClN5O8S/c1-5-16-48-17-18-49-19-20-50-21-22-51-23-25-53(47)24-6-13-43-32-8-7-29(39)26-31(32)41-34(43)28-44-33-27-40-12-9-30(33)38(35(44)45)10-14-42(15-11-38)36(46)52-37(2,3)4/h1,7-9,12,26-27H,6,10-11,13-25,28H2,2-4H3. The number of fused-ring (bicyclic) bond motifs is 3. The van der Waals surface area contributed by atoms with E-state index in [1.165, 1.54) is 0 Å². The van der Waals surface area contributed by atoms with Gasteiger partial charge in [-0.05, 0) is 69.9 Å². The number of carbonyl (C=O) groups excluding carboxylic acids is 2. The Morgan fingerprint density at radius 1 is 1.00 bits per heavy atom. The summed E-state index contributed by atoms with van der Waals surface area (Å²) in [6.07, 6.45) is 9.80. The molecule has 5 rings (SSSR count). The van der Waals surface area contributed by atoms with Crippen LogP contribution in [0, 0.1) is 12.3 Å². The third-order valence-corrected chi connectivity index (χ3v) is 10.7. The van der Waals surface area contributed by atoms with Crippen molar-refractivity contribution in [1.82, 2.24) is 19.4 Å². The number of anilines is 1. The van der Waals surface area contributed by atoms with Crippen LogP contribution in [0.1, 0.15) is 51.4 Å². The predicted octanol–water partition coefficient (Wildman–Crippen LogP) is 4.74. The molecule has 1 saturated heterocycles. The molecule has 1 fully saturated rings. The first-order chi connectivity index (χ1) is 25.5. The molecule has 1 spiro atoms. The number of aryl methyl sites for hydroxylation is 1. The molecule has 2 aliphatic heterocycles. The summed E-state index contributed by atoms with van der Waals surface area (Å²) in [6, 6.07) is 7.49. The predicted molar refractivity (Wildman–Crippen MR) is 203 cm³/mol. The highest BCUT2D eigenvalue weighted by molar-refractivity contribution is 7.84. The molecule has 4 heterocycles. The molecule has 0 saturated carbocycles. The number of benzene rings is 1. The van der Waals surface area contributed by atoms with Gasteiger partial charge in [-0.1, -0.05) is 17.5 Å². The van der Waals surface area contributed by atoms with Crippen LogP contribution in [-0.4, -0.2) is 119 Å². The van der Waals surface area contributed by atoms with Crippen LogP contribution in [-0.2, 0) is 57.8 Å². The molecule has 0 radical (unpaired) electrons. The van der Waals surface area contributed by atoms with Crippen LogP contribution >= 0.6 is 11.6 Å². The molecule has 1 aromatic carbocycles. The lowest BCUT2D eigenvalue weighted by Gasteiger charge is -2.38. The molecule has 3 aromatic rings. The monoisotopic (exact) mass is 771 g/mol. The number of nitrogens with zero attached hydrogens (tertiary/aromatic N) is 5. The van der Waals surface area contributed by atoms with Gasteiger partial charge in [-0.3, -0.25) is 14.0 Å². The lowest BCUT2D eigenvalue weighted by atomic mass is 9.74. The Balaban J connectivity index is 1.14. The van der Waals surface area contributed by atoms with Gasteiger partial charge in [-0.15, -0.1) is 6.42 Å². The van der Waals surface area contributed by atoms with Crippen molar-refractivity contribution in [2.45, 2.75) is 64.1 Å². The second-order valence-electron chi connectivity index (χ2n) is 13.9. The molecule has 1 atom stereocenters. The zero-order valence-electron chi connectivity index (χ0n) is 30.9. The van der Waals surface area contributed by atoms with Crippen molar-refractivity contribution in [3.05, 3.63) is 53.1 Å². The Morgan fingerprint density at radius 2 is 1.68 bits per heavy atom. The molecule has 0 N–H and O–H groups in total. The second-order valence-corrected chi connectivity index (χ2v) is 16.1. The summed E-state index contributed by atoms with van der Waals surface area (Å²) in [5.41, 5.74) is 1.92. The number of aromatic nitrogens is 3. The van der Waals surface area contributed by atoms with E-state index in [-0.39, 0.29) is 25.2 Å². The van der Waals surface area contributed by atoms with E-state index in [0.717, 1.165) is 22.3 Å². The van der Waals surface area contributed by atoms with Crippen molar-refractivity contribution in [2.24, 2.45) is 0 Å². The zero-order chi connectivity index (χ0) is 37.8. The van der Waals surface area contributed by atoms with Gasteiger partial charge < -0.3 is 38.1 Å². The van der Waals surface area contributed by atoms with E-state index in [2.05, 4.69) is 15.5 Å². The number of ether oxygens (including phenoxy) is 5. The molecule has 0 bridgehead atoms. The van der Waals surface area contributed by atoms with Gasteiger partial charge in [0.15, 0.2) is 0 Å². The Labute approximate surface area is 319 Å². The lowest BCUT2D eigenvalue weighted by molar-refractivity contribution is -0.125. The summed E-state index contributed by atoms with van der Waals surface area (Å²) in [6.45, 7) is 10.4. The Bertz CT molecular complexity index is 1770. The molecule has 288 valence electrons. The van der Waals surface area contributed by atoms with E-state index >= 15 is 0 Å². The van der Waals surface area contributed by atoms with Crippen LogP contribution in [0.4, 0.5) is 10.5 Å². The van der Waals surface area contributed by atoms with E-state index in [9.17, 15) is 13.8 Å². The highest BCUT2D eigenvalue weighted by atomic mass is 35.5. The number of piperidine rings is 1. The van der Waals surface area contributed by atoms with E-state index < -0.39 is 21.8 Å². The average Bonchev–Trinajstić information content (AvgIpc) is 3.57. The number of amides is 2. The summed E-state index contributed by atoms with van der Waals surface area (Å²) >= 11 is 6.35. The summed E-state index contributed by atoms with van der Waals surface area (Å²) in [4.78, 5) is 40.0. The SMILES string of the molecule is C#CCOCCOCCOCCOCCS(=O)CCCn1c(CN2C(=O)C3(CCN(C(=O)OC(C)(C)C)CC3)c3ccncc32)nc2cc(Cl)ccc21. The summed E-state index contributed by atoms with van der Waals surface area (Å²) in [5, 5.41) is 0.568. The molecule has 2 aliphatic rings. The maximum Gasteiger partial charge on any atom is 0.410 e. The first-order valence-corrected chi connectivity index (χ1v) is 19.9. The smallest absolute Gasteiger partial charge is 0.410 e. The van der Waals surface area contributed by atoms with Gasteiger partial charge in [0, 0.05) is 53.2 Å². The van der Waals surface area contributed by atoms with Gasteiger partial charge >= 0.3 is 6.09 Å². The second kappa shape index (κ2) is 19.1. The number of halogens is 1. The number of carbonyl (C=O) groups is 2. The Hall–Kier alpha value is -3.58. The number of likely N-dealkylation sites (tertiary alicyclic amines) is 1. The van der Waals surface area contributed by atoms with Crippen LogP contribution in [0.3, 0.4) is 0 Å². The van der Waals surface area contributed by atoms with Crippen molar-refractivity contribution in [3.63, 3.8) is 0 Å². The maximum atomic E-state index is 14.4. The fraction of sp³-hybridized carbons (Fsp3) is 0.579. The number of terminal acetylenes is 1. The minimum Gasteiger partial charge on any atom is -0.444 e. The van der Waals surface area contributed by atoms with Crippen LogP contribution in [0.25, 0.3) is 11.0 Å². The highest BCUT2D eigenvalue weighted by Crippen LogP contribution is 2.48. The molecule has 1 unspecified atom stereocenters. The fourth-order valence-corrected chi connectivity index (χ4v) is 7.74. The first-order valence-electron chi connectivity index (χ1n) is 18.0. The van der Waals surface area contributed by atoms with Gasteiger partial charge in [0.2, 0.25) is 5.91 Å². The molecule has 0 aliphatic carbocycles. The Kier molecular flexibility index (Phi) is 14.7. The molecule has 53 heavy (non-hydrogen) atoms. The molecular weight excluding hydrogens is 722 g/mol. The number of pyridine rings is 1. The number of imidazole rings is 1. The van der Waals surface area contributed by atoms with Crippen LogP contribution in [0.5, 0.6) is 0 Å². The topological polar surface area (TPSA) is 135 Å². The summed E-state index contributed by atoms with van der Waals surface area (Å²) in [5.74, 6) is 3.99. The van der Waals surface area contributed by atoms with Gasteiger partial charge in [-0.2, -0.15) is 0 Å². The molecule has 2 amide bonds. The lowest BCUT2D eigenvalue weighted by Crippen LogP contribution is -2.51. The summed E-state index contributed by atoms with van der Waals surface area (Å²) in [7, 11) is -1.07. The number of rotatable bonds is 19. The van der Waals surface area contributed by atoms with Crippen LogP contribution in [0.2, 0.25) is 5.02 Å². The molecule has 15 heteroatoms. The minimum atomic E-state index is -1.07. The molecular formula is C38H50ClN5O8S. The van der Waals surface area contributed by atoms with Crippen molar-refractivity contribution in [2.75, 3.05) is 82.4 Å². The van der Waals surface area contributed by atoms with Crippen molar-refractivity contribution in [1.29, 1.82) is 0 Å². The maximum absolute atomic E-state index is 14.4. The Morgan fingerprint density at radius 3 is 2.36 bits per heavy atom.